The van der Waals surface area contributed by atoms with Gasteiger partial charge in [-0.3, -0.25) is 15.0 Å². The number of rotatable bonds is 5. The van der Waals surface area contributed by atoms with E-state index < -0.39 is 5.92 Å². The summed E-state index contributed by atoms with van der Waals surface area (Å²) in [6.45, 7) is 0. The molecule has 1 heterocycles. The van der Waals surface area contributed by atoms with Crippen LogP contribution in [0.1, 0.15) is 22.6 Å². The molecule has 2 amide bonds. The van der Waals surface area contributed by atoms with Gasteiger partial charge in [0.2, 0.25) is 0 Å². The lowest BCUT2D eigenvalue weighted by Gasteiger charge is -2.22. The van der Waals surface area contributed by atoms with Crippen molar-refractivity contribution >= 4 is 57.0 Å². The third kappa shape index (κ3) is 4.38. The van der Waals surface area contributed by atoms with E-state index in [4.69, 9.17) is 12.2 Å². The number of benzene rings is 4. The summed E-state index contributed by atoms with van der Waals surface area (Å²) in [5.74, 6) is -1.23. The Kier molecular flexibility index (Phi) is 6.25. The highest BCUT2D eigenvalue weighted by atomic mass is 32.2. The Morgan fingerprint density at radius 3 is 2.09 bits per heavy atom. The van der Waals surface area contributed by atoms with Crippen molar-refractivity contribution in [1.29, 1.82) is 0 Å². The zero-order valence-electron chi connectivity index (χ0n) is 18.0. The maximum atomic E-state index is 13.4. The van der Waals surface area contributed by atoms with Crippen LogP contribution in [0.2, 0.25) is 0 Å². The SMILES string of the molecule is O=C(NN1C(=O)/C(=C\c2cccc3ccccc23)SC1=S)C(c1ccccc1)c1ccccc1. The molecule has 4 aromatic carbocycles. The largest absolute Gasteiger partial charge is 0.285 e. The zero-order valence-corrected chi connectivity index (χ0v) is 19.7. The molecule has 0 saturated carbocycles. The monoisotopic (exact) mass is 480 g/mol. The number of fused-ring (bicyclic) bond motifs is 1. The number of nitrogens with one attached hydrogen (secondary N) is 1. The maximum absolute atomic E-state index is 13.4. The van der Waals surface area contributed by atoms with E-state index in [1.807, 2.05) is 109 Å². The number of carbonyl (C=O) groups excluding carboxylic acids is 2. The third-order valence-corrected chi connectivity index (χ3v) is 6.96. The Morgan fingerprint density at radius 2 is 1.41 bits per heavy atom. The number of hydrogen-bond donors (Lipinski definition) is 1. The molecule has 0 spiro atoms. The van der Waals surface area contributed by atoms with Crippen LogP contribution < -0.4 is 5.43 Å². The smallest absolute Gasteiger partial charge is 0.272 e. The predicted molar refractivity (Wildman–Crippen MR) is 142 cm³/mol. The fourth-order valence-electron chi connectivity index (χ4n) is 4.04. The Balaban J connectivity index is 1.43. The number of hydrogen-bond acceptors (Lipinski definition) is 4. The fourth-order valence-corrected chi connectivity index (χ4v) is 5.21. The van der Waals surface area contributed by atoms with Crippen molar-refractivity contribution in [3.8, 4) is 0 Å². The highest BCUT2D eigenvalue weighted by Crippen LogP contribution is 2.34. The summed E-state index contributed by atoms with van der Waals surface area (Å²) in [7, 11) is 0. The molecule has 6 heteroatoms. The van der Waals surface area contributed by atoms with Gasteiger partial charge in [-0.25, -0.2) is 0 Å². The second-order valence-corrected chi connectivity index (χ2v) is 9.49. The lowest BCUT2D eigenvalue weighted by molar-refractivity contribution is -0.133. The Hall–Kier alpha value is -3.74. The number of amides is 2. The van der Waals surface area contributed by atoms with Crippen LogP contribution in [-0.2, 0) is 9.59 Å². The molecule has 1 aliphatic rings. The molecule has 0 atom stereocenters. The van der Waals surface area contributed by atoms with Gasteiger partial charge in [0, 0.05) is 0 Å². The summed E-state index contributed by atoms with van der Waals surface area (Å²) in [4.78, 5) is 27.1. The summed E-state index contributed by atoms with van der Waals surface area (Å²) in [5.41, 5.74) is 5.37. The molecule has 0 unspecified atom stereocenters. The van der Waals surface area contributed by atoms with Crippen LogP contribution in [-0.4, -0.2) is 21.1 Å². The van der Waals surface area contributed by atoms with Crippen LogP contribution in [0.25, 0.3) is 16.8 Å². The maximum Gasteiger partial charge on any atom is 0.285 e. The van der Waals surface area contributed by atoms with Crippen LogP contribution in [0.5, 0.6) is 0 Å². The van der Waals surface area contributed by atoms with E-state index in [1.54, 1.807) is 0 Å². The van der Waals surface area contributed by atoms with Gasteiger partial charge in [0.25, 0.3) is 11.8 Å². The van der Waals surface area contributed by atoms with Crippen LogP contribution in [0, 0.1) is 0 Å². The molecule has 0 radical (unpaired) electrons. The number of carbonyl (C=O) groups is 2. The van der Waals surface area contributed by atoms with Crippen LogP contribution in [0.4, 0.5) is 0 Å². The van der Waals surface area contributed by atoms with Gasteiger partial charge in [-0.1, -0.05) is 115 Å². The fraction of sp³-hybridized carbons (Fsp3) is 0.0357. The van der Waals surface area contributed by atoms with Gasteiger partial charge in [-0.2, -0.15) is 5.01 Å². The Bertz CT molecular complexity index is 1370. The molecule has 4 nitrogen and oxygen atoms in total. The van der Waals surface area contributed by atoms with E-state index >= 15 is 0 Å². The molecule has 0 bridgehead atoms. The van der Waals surface area contributed by atoms with Crippen LogP contribution in [0.15, 0.2) is 108 Å². The molecule has 1 fully saturated rings. The molecule has 5 rings (SSSR count). The van der Waals surface area contributed by atoms with Crippen molar-refractivity contribution in [1.82, 2.24) is 10.4 Å². The van der Waals surface area contributed by atoms with E-state index in [0.29, 0.717) is 9.23 Å². The first-order valence-corrected chi connectivity index (χ1v) is 12.0. The standard InChI is InChI=1S/C28H20N2O2S2/c31-26(25(20-11-3-1-4-12-20)21-13-5-2-6-14-21)29-30-27(32)24(34-28(30)33)18-22-16-9-15-19-10-7-8-17-23(19)22/h1-18,25H,(H,29,31)/b24-18+. The molecular formula is C28H20N2O2S2. The van der Waals surface area contributed by atoms with Crippen molar-refractivity contribution in [3.63, 3.8) is 0 Å². The Morgan fingerprint density at radius 1 is 0.824 bits per heavy atom. The lowest BCUT2D eigenvalue weighted by Crippen LogP contribution is -2.46. The molecule has 0 aromatic heterocycles. The second-order valence-electron chi connectivity index (χ2n) is 7.82. The number of thiocarbonyl (C=S) groups is 1. The van der Waals surface area contributed by atoms with Gasteiger partial charge in [-0.05, 0) is 45.8 Å². The van der Waals surface area contributed by atoms with E-state index in [-0.39, 0.29) is 11.8 Å². The minimum absolute atomic E-state index is 0.296. The molecule has 1 N–H and O–H groups in total. The number of thioether (sulfide) groups is 1. The number of nitrogens with zero attached hydrogens (tertiary/aromatic N) is 1. The van der Waals surface area contributed by atoms with Gasteiger partial charge in [-0.15, -0.1) is 0 Å². The average molecular weight is 481 g/mol. The quantitative estimate of drug-likeness (QED) is 0.285. The van der Waals surface area contributed by atoms with Gasteiger partial charge in [0.1, 0.15) is 0 Å². The minimum atomic E-state index is -0.575. The predicted octanol–water partition coefficient (Wildman–Crippen LogP) is 5.90. The van der Waals surface area contributed by atoms with Crippen molar-refractivity contribution in [3.05, 3.63) is 125 Å². The first-order chi connectivity index (χ1) is 16.6. The van der Waals surface area contributed by atoms with Gasteiger partial charge >= 0.3 is 0 Å². The molecule has 0 aliphatic carbocycles. The van der Waals surface area contributed by atoms with Crippen LogP contribution >= 0.6 is 24.0 Å². The molecule has 4 aromatic rings. The lowest BCUT2D eigenvalue weighted by atomic mass is 9.91. The second kappa shape index (κ2) is 9.63. The number of hydrazine groups is 1. The summed E-state index contributed by atoms with van der Waals surface area (Å²) in [6, 6.07) is 33.0. The molecule has 34 heavy (non-hydrogen) atoms. The summed E-state index contributed by atoms with van der Waals surface area (Å²) < 4.78 is 0.296. The average Bonchev–Trinajstić information content (AvgIpc) is 3.13. The summed E-state index contributed by atoms with van der Waals surface area (Å²) in [6.07, 6.45) is 1.83. The van der Waals surface area contributed by atoms with E-state index in [1.165, 1.54) is 16.8 Å². The topological polar surface area (TPSA) is 49.4 Å². The van der Waals surface area contributed by atoms with Crippen molar-refractivity contribution < 1.29 is 9.59 Å². The normalized spacial score (nSPS) is 14.9. The van der Waals surface area contributed by atoms with E-state index in [2.05, 4.69) is 5.43 Å². The van der Waals surface area contributed by atoms with Crippen molar-refractivity contribution in [2.75, 3.05) is 0 Å². The van der Waals surface area contributed by atoms with Gasteiger partial charge in [0.15, 0.2) is 4.32 Å². The molecule has 1 aliphatic heterocycles. The highest BCUT2D eigenvalue weighted by Gasteiger charge is 2.35. The first-order valence-electron chi connectivity index (χ1n) is 10.8. The Labute approximate surface area is 207 Å². The molecular weight excluding hydrogens is 460 g/mol. The highest BCUT2D eigenvalue weighted by molar-refractivity contribution is 8.26. The molecule has 166 valence electrons. The van der Waals surface area contributed by atoms with Gasteiger partial charge < -0.3 is 0 Å². The van der Waals surface area contributed by atoms with Crippen molar-refractivity contribution in [2.24, 2.45) is 0 Å². The zero-order chi connectivity index (χ0) is 23.5. The van der Waals surface area contributed by atoms with E-state index in [9.17, 15) is 9.59 Å². The first kappa shape index (κ1) is 22.1. The minimum Gasteiger partial charge on any atom is -0.272 e. The van der Waals surface area contributed by atoms with Crippen LogP contribution in [0.3, 0.4) is 0 Å². The third-order valence-electron chi connectivity index (χ3n) is 5.65. The summed E-state index contributed by atoms with van der Waals surface area (Å²) >= 11 is 6.64. The van der Waals surface area contributed by atoms with Crippen molar-refractivity contribution in [2.45, 2.75) is 5.92 Å². The van der Waals surface area contributed by atoms with E-state index in [0.717, 1.165) is 27.5 Å². The summed E-state index contributed by atoms with van der Waals surface area (Å²) in [5, 5.41) is 3.32. The molecule has 1 saturated heterocycles. The van der Waals surface area contributed by atoms with Gasteiger partial charge in [0.05, 0.1) is 10.8 Å².